The highest BCUT2D eigenvalue weighted by molar-refractivity contribution is 5.78. The van der Waals surface area contributed by atoms with Crippen LogP contribution in [-0.4, -0.2) is 18.0 Å². The fraction of sp³-hybridized carbons (Fsp3) is 0.950. The van der Waals surface area contributed by atoms with Crippen LogP contribution in [-0.2, 0) is 4.74 Å². The molecule has 22 heavy (non-hydrogen) atoms. The maximum absolute atomic E-state index is 5.63. The van der Waals surface area contributed by atoms with Crippen LogP contribution in [0.5, 0.6) is 0 Å². The van der Waals surface area contributed by atoms with E-state index in [0.29, 0.717) is 0 Å². The van der Waals surface area contributed by atoms with Crippen molar-refractivity contribution in [2.24, 2.45) is 4.99 Å². The summed E-state index contributed by atoms with van der Waals surface area (Å²) in [5.74, 6) is 0.994. The molecule has 0 aromatic rings. The molecule has 0 radical (unpaired) electrons. The normalized spacial score (nSPS) is 16.6. The molecule has 0 unspecified atom stereocenters. The lowest BCUT2D eigenvalue weighted by Gasteiger charge is -2.07. The number of unbranched alkanes of at least 4 members (excludes halogenated alkanes) is 12. The Hall–Kier alpha value is -0.530. The monoisotopic (exact) mass is 309 g/mol. The molecule has 0 spiro atoms. The van der Waals surface area contributed by atoms with Crippen LogP contribution in [0.3, 0.4) is 0 Å². The van der Waals surface area contributed by atoms with Gasteiger partial charge < -0.3 is 4.74 Å². The van der Waals surface area contributed by atoms with Crippen molar-refractivity contribution in [3.05, 3.63) is 0 Å². The van der Waals surface area contributed by atoms with E-state index >= 15 is 0 Å². The van der Waals surface area contributed by atoms with E-state index in [1.807, 2.05) is 0 Å². The van der Waals surface area contributed by atoms with E-state index in [2.05, 4.69) is 25.8 Å². The number of rotatable bonds is 14. The van der Waals surface area contributed by atoms with Crippen LogP contribution < -0.4 is 0 Å². The minimum atomic E-state index is 0.0197. The third kappa shape index (κ3) is 10.2. The van der Waals surface area contributed by atoms with Gasteiger partial charge in [-0.2, -0.15) is 0 Å². The second-order valence-electron chi connectivity index (χ2n) is 7.60. The Labute approximate surface area is 139 Å². The molecule has 1 rings (SSSR count). The predicted octanol–water partition coefficient (Wildman–Crippen LogP) is 6.68. The summed E-state index contributed by atoms with van der Waals surface area (Å²) in [7, 11) is 0. The largest absolute Gasteiger partial charge is 0.478 e. The zero-order valence-corrected chi connectivity index (χ0v) is 15.5. The standard InChI is InChI=1S/C20H39NO/c1-4-5-6-7-8-9-10-11-12-13-14-15-16-17-19-21-20(2,3)18-22-19/h4-18H2,1-3H3. The summed E-state index contributed by atoms with van der Waals surface area (Å²) in [4.78, 5) is 4.61. The Morgan fingerprint density at radius 3 is 1.64 bits per heavy atom. The molecule has 0 saturated heterocycles. The van der Waals surface area contributed by atoms with Gasteiger partial charge in [0.15, 0.2) is 5.90 Å². The van der Waals surface area contributed by atoms with E-state index < -0.39 is 0 Å². The molecule has 0 N–H and O–H groups in total. The van der Waals surface area contributed by atoms with Gasteiger partial charge in [0.1, 0.15) is 6.61 Å². The average Bonchev–Trinajstić information content (AvgIpc) is 2.83. The van der Waals surface area contributed by atoms with Crippen LogP contribution in [0.2, 0.25) is 0 Å². The summed E-state index contributed by atoms with van der Waals surface area (Å²) in [6, 6.07) is 0. The fourth-order valence-electron chi connectivity index (χ4n) is 3.08. The summed E-state index contributed by atoms with van der Waals surface area (Å²) in [5.41, 5.74) is 0.0197. The highest BCUT2D eigenvalue weighted by atomic mass is 16.5. The van der Waals surface area contributed by atoms with Crippen molar-refractivity contribution in [1.82, 2.24) is 0 Å². The fourth-order valence-corrected chi connectivity index (χ4v) is 3.08. The van der Waals surface area contributed by atoms with E-state index in [4.69, 9.17) is 4.74 Å². The summed E-state index contributed by atoms with van der Waals surface area (Å²) >= 11 is 0. The molecule has 0 aliphatic carbocycles. The average molecular weight is 310 g/mol. The molecule has 1 aliphatic rings. The first-order chi connectivity index (χ1) is 10.6. The van der Waals surface area contributed by atoms with E-state index in [9.17, 15) is 0 Å². The van der Waals surface area contributed by atoms with Gasteiger partial charge >= 0.3 is 0 Å². The molecule has 2 nitrogen and oxygen atoms in total. The topological polar surface area (TPSA) is 21.6 Å². The van der Waals surface area contributed by atoms with Gasteiger partial charge in [-0.3, -0.25) is 0 Å². The first kappa shape index (κ1) is 19.5. The molecule has 0 bridgehead atoms. The van der Waals surface area contributed by atoms with E-state index in [0.717, 1.165) is 18.9 Å². The first-order valence-electron chi connectivity index (χ1n) is 9.85. The molecule has 0 aromatic heterocycles. The molecule has 130 valence electrons. The number of nitrogens with zero attached hydrogens (tertiary/aromatic N) is 1. The van der Waals surface area contributed by atoms with E-state index in [1.165, 1.54) is 83.5 Å². The molecular formula is C20H39NO. The van der Waals surface area contributed by atoms with Crippen LogP contribution in [0.25, 0.3) is 0 Å². The van der Waals surface area contributed by atoms with Gasteiger partial charge in [0.2, 0.25) is 0 Å². The van der Waals surface area contributed by atoms with Crippen LogP contribution >= 0.6 is 0 Å². The lowest BCUT2D eigenvalue weighted by atomic mass is 10.0. The second kappa shape index (κ2) is 12.0. The molecule has 1 heterocycles. The Morgan fingerprint density at radius 1 is 0.773 bits per heavy atom. The van der Waals surface area contributed by atoms with Crippen molar-refractivity contribution in [2.45, 2.75) is 116 Å². The van der Waals surface area contributed by atoms with Crippen LogP contribution in [0.1, 0.15) is 111 Å². The summed E-state index contributed by atoms with van der Waals surface area (Å²) < 4.78 is 5.63. The molecule has 0 atom stereocenters. The minimum absolute atomic E-state index is 0.0197. The molecule has 0 fully saturated rings. The van der Waals surface area contributed by atoms with Gasteiger partial charge in [0, 0.05) is 6.42 Å². The van der Waals surface area contributed by atoms with Crippen molar-refractivity contribution < 1.29 is 4.74 Å². The lowest BCUT2D eigenvalue weighted by molar-refractivity contribution is 0.273. The van der Waals surface area contributed by atoms with Crippen LogP contribution in [0, 0.1) is 0 Å². The van der Waals surface area contributed by atoms with Crippen molar-refractivity contribution in [3.63, 3.8) is 0 Å². The van der Waals surface area contributed by atoms with Crippen molar-refractivity contribution >= 4 is 5.90 Å². The van der Waals surface area contributed by atoms with E-state index in [1.54, 1.807) is 0 Å². The maximum atomic E-state index is 5.63. The van der Waals surface area contributed by atoms with Crippen LogP contribution in [0.4, 0.5) is 0 Å². The lowest BCUT2D eigenvalue weighted by Crippen LogP contribution is -2.17. The summed E-state index contributed by atoms with van der Waals surface area (Å²) in [6.45, 7) is 7.34. The number of hydrogen-bond acceptors (Lipinski definition) is 2. The zero-order valence-electron chi connectivity index (χ0n) is 15.5. The molecule has 0 aromatic carbocycles. The van der Waals surface area contributed by atoms with Gasteiger partial charge in [0.05, 0.1) is 5.54 Å². The molecule has 0 saturated carbocycles. The minimum Gasteiger partial charge on any atom is -0.478 e. The highest BCUT2D eigenvalue weighted by Crippen LogP contribution is 2.20. The zero-order chi connectivity index (χ0) is 16.1. The molecule has 0 amide bonds. The smallest absolute Gasteiger partial charge is 0.183 e. The van der Waals surface area contributed by atoms with Gasteiger partial charge in [-0.05, 0) is 20.3 Å². The SMILES string of the molecule is CCCCCCCCCCCCCCCC1=NC(C)(C)CO1. The first-order valence-corrected chi connectivity index (χ1v) is 9.85. The number of aliphatic imine (C=N–C) groups is 1. The molecule has 2 heteroatoms. The molecule has 1 aliphatic heterocycles. The number of hydrogen-bond donors (Lipinski definition) is 0. The van der Waals surface area contributed by atoms with Crippen molar-refractivity contribution in [1.29, 1.82) is 0 Å². The van der Waals surface area contributed by atoms with Crippen molar-refractivity contribution in [3.8, 4) is 0 Å². The van der Waals surface area contributed by atoms with Crippen LogP contribution in [0.15, 0.2) is 4.99 Å². The van der Waals surface area contributed by atoms with Gasteiger partial charge in [-0.1, -0.05) is 84.0 Å². The second-order valence-corrected chi connectivity index (χ2v) is 7.60. The Balaban J connectivity index is 1.77. The van der Waals surface area contributed by atoms with Gasteiger partial charge in [-0.25, -0.2) is 4.99 Å². The Bertz CT molecular complexity index is 296. The Kier molecular flexibility index (Phi) is 10.6. The van der Waals surface area contributed by atoms with E-state index in [-0.39, 0.29) is 5.54 Å². The Morgan fingerprint density at radius 2 is 1.23 bits per heavy atom. The summed E-state index contributed by atoms with van der Waals surface area (Å²) in [5, 5.41) is 0. The maximum Gasteiger partial charge on any atom is 0.183 e. The molecular weight excluding hydrogens is 270 g/mol. The summed E-state index contributed by atoms with van der Waals surface area (Å²) in [6.07, 6.45) is 19.3. The van der Waals surface area contributed by atoms with Gasteiger partial charge in [-0.15, -0.1) is 0 Å². The third-order valence-corrected chi connectivity index (χ3v) is 4.51. The third-order valence-electron chi connectivity index (χ3n) is 4.51. The highest BCUT2D eigenvalue weighted by Gasteiger charge is 2.25. The van der Waals surface area contributed by atoms with Crippen molar-refractivity contribution in [2.75, 3.05) is 6.61 Å². The quantitative estimate of drug-likeness (QED) is 0.328. The number of ether oxygens (including phenoxy) is 1. The predicted molar refractivity (Wildman–Crippen MR) is 97.8 cm³/mol. The van der Waals surface area contributed by atoms with Gasteiger partial charge in [0.25, 0.3) is 0 Å².